The minimum Gasteiger partial charge on any atom is -0.497 e. The van der Waals surface area contributed by atoms with Gasteiger partial charge >= 0.3 is 0 Å². The summed E-state index contributed by atoms with van der Waals surface area (Å²) in [6.07, 6.45) is 0.189. The van der Waals surface area contributed by atoms with E-state index in [-0.39, 0.29) is 12.2 Å². The van der Waals surface area contributed by atoms with Crippen molar-refractivity contribution in [1.82, 2.24) is 0 Å². The number of ketones is 1. The van der Waals surface area contributed by atoms with Crippen molar-refractivity contribution in [3.8, 4) is 17.9 Å². The lowest BCUT2D eigenvalue weighted by Crippen LogP contribution is -2.11. The van der Waals surface area contributed by atoms with Crippen LogP contribution in [-0.4, -0.2) is 12.9 Å². The molecule has 1 aromatic carbocycles. The van der Waals surface area contributed by atoms with Gasteiger partial charge in [0.05, 0.1) is 31.6 Å². The van der Waals surface area contributed by atoms with Crippen LogP contribution in [0, 0.1) is 28.6 Å². The lowest BCUT2D eigenvalue weighted by Gasteiger charge is -2.16. The van der Waals surface area contributed by atoms with Gasteiger partial charge in [-0.25, -0.2) is 0 Å². The maximum absolute atomic E-state index is 11.2. The molecule has 0 saturated carbocycles. The summed E-state index contributed by atoms with van der Waals surface area (Å²) in [5.74, 6) is 0.190. The predicted octanol–water partition coefficient (Wildman–Crippen LogP) is 3.21. The number of rotatable bonds is 6. The summed E-state index contributed by atoms with van der Waals surface area (Å²) >= 11 is 0. The van der Waals surface area contributed by atoms with E-state index in [2.05, 4.69) is 0 Å². The standard InChI is InChI=1S/C18H16N2O3/c1-12(21)8-16-6-7-17(23-16)18(14(10-19)11-20)13-4-3-5-15(9-13)22-2/h3-7,9,14,18H,8H2,1-2H3/t18-/m1/s1. The van der Waals surface area contributed by atoms with Gasteiger partial charge in [-0.2, -0.15) is 10.5 Å². The van der Waals surface area contributed by atoms with Crippen LogP contribution in [0.4, 0.5) is 0 Å². The van der Waals surface area contributed by atoms with Crippen LogP contribution in [0.1, 0.15) is 29.9 Å². The second-order valence-electron chi connectivity index (χ2n) is 5.17. The van der Waals surface area contributed by atoms with Crippen LogP contribution in [0.25, 0.3) is 0 Å². The van der Waals surface area contributed by atoms with E-state index in [1.165, 1.54) is 6.92 Å². The fraction of sp³-hybridized carbons (Fsp3) is 0.278. The molecule has 0 saturated heterocycles. The Kier molecular flexibility index (Phi) is 5.17. The summed E-state index contributed by atoms with van der Waals surface area (Å²) in [6.45, 7) is 1.48. The summed E-state index contributed by atoms with van der Waals surface area (Å²) in [5.41, 5.74) is 0.751. The smallest absolute Gasteiger partial charge is 0.147 e. The zero-order valence-electron chi connectivity index (χ0n) is 12.9. The van der Waals surface area contributed by atoms with Gasteiger partial charge in [0, 0.05) is 0 Å². The average molecular weight is 308 g/mol. The zero-order chi connectivity index (χ0) is 16.8. The molecule has 1 aromatic heterocycles. The van der Waals surface area contributed by atoms with Gasteiger partial charge in [-0.15, -0.1) is 0 Å². The molecule has 0 aliphatic carbocycles. The molecule has 0 aliphatic rings. The summed E-state index contributed by atoms with van der Waals surface area (Å²) in [7, 11) is 1.55. The number of Topliss-reactive ketones (excluding diaryl/α,β-unsaturated/α-hetero) is 1. The second-order valence-corrected chi connectivity index (χ2v) is 5.17. The third kappa shape index (κ3) is 3.78. The lowest BCUT2D eigenvalue weighted by molar-refractivity contribution is -0.116. The van der Waals surface area contributed by atoms with Crippen molar-refractivity contribution in [2.75, 3.05) is 7.11 Å². The molecule has 23 heavy (non-hydrogen) atoms. The quantitative estimate of drug-likeness (QED) is 0.817. The Bertz CT molecular complexity index is 766. The number of methoxy groups -OCH3 is 1. The van der Waals surface area contributed by atoms with E-state index in [1.54, 1.807) is 37.4 Å². The Morgan fingerprint density at radius 1 is 1.26 bits per heavy atom. The Labute approximate surface area is 134 Å². The molecule has 1 heterocycles. The van der Waals surface area contributed by atoms with Crippen LogP contribution in [0.3, 0.4) is 0 Å². The van der Waals surface area contributed by atoms with Crippen molar-refractivity contribution in [2.24, 2.45) is 5.92 Å². The van der Waals surface area contributed by atoms with Gasteiger partial charge in [0.15, 0.2) is 0 Å². The normalized spacial score (nSPS) is 11.5. The van der Waals surface area contributed by atoms with Crippen LogP contribution in [0.2, 0.25) is 0 Å². The number of carbonyl (C=O) groups excluding carboxylic acids is 1. The monoisotopic (exact) mass is 308 g/mol. The number of nitrogens with zero attached hydrogens (tertiary/aromatic N) is 2. The molecule has 5 nitrogen and oxygen atoms in total. The van der Waals surface area contributed by atoms with Gasteiger partial charge in [0.25, 0.3) is 0 Å². The molecule has 0 fully saturated rings. The van der Waals surface area contributed by atoms with Crippen LogP contribution >= 0.6 is 0 Å². The minimum absolute atomic E-state index is 0.0130. The molecule has 5 heteroatoms. The van der Waals surface area contributed by atoms with E-state index < -0.39 is 11.8 Å². The molecule has 0 unspecified atom stereocenters. The minimum atomic E-state index is -0.904. The van der Waals surface area contributed by atoms with Crippen molar-refractivity contribution >= 4 is 5.78 Å². The summed E-state index contributed by atoms with van der Waals surface area (Å²) in [4.78, 5) is 11.2. The fourth-order valence-corrected chi connectivity index (χ4v) is 2.44. The van der Waals surface area contributed by atoms with Crippen LogP contribution in [0.15, 0.2) is 40.8 Å². The number of hydrogen-bond acceptors (Lipinski definition) is 5. The van der Waals surface area contributed by atoms with E-state index in [4.69, 9.17) is 9.15 Å². The largest absolute Gasteiger partial charge is 0.497 e. The average Bonchev–Trinajstić information content (AvgIpc) is 2.99. The summed E-state index contributed by atoms with van der Waals surface area (Å²) < 4.78 is 10.9. The van der Waals surface area contributed by atoms with Gasteiger partial charge in [-0.1, -0.05) is 12.1 Å². The van der Waals surface area contributed by atoms with Gasteiger partial charge < -0.3 is 9.15 Å². The number of ether oxygens (including phenoxy) is 1. The highest BCUT2D eigenvalue weighted by molar-refractivity contribution is 5.77. The number of hydrogen-bond donors (Lipinski definition) is 0. The van der Waals surface area contributed by atoms with E-state index in [9.17, 15) is 15.3 Å². The van der Waals surface area contributed by atoms with Gasteiger partial charge in [-0.05, 0) is 36.8 Å². The van der Waals surface area contributed by atoms with Gasteiger partial charge in [0.2, 0.25) is 0 Å². The molecule has 0 spiro atoms. The first-order chi connectivity index (χ1) is 11.1. The highest BCUT2D eigenvalue weighted by atomic mass is 16.5. The molecule has 0 amide bonds. The zero-order valence-corrected chi connectivity index (χ0v) is 12.9. The fourth-order valence-electron chi connectivity index (χ4n) is 2.44. The van der Waals surface area contributed by atoms with Gasteiger partial charge in [0.1, 0.15) is 29.0 Å². The van der Waals surface area contributed by atoms with Crippen molar-refractivity contribution in [3.63, 3.8) is 0 Å². The Hall–Kier alpha value is -3.05. The van der Waals surface area contributed by atoms with E-state index >= 15 is 0 Å². The SMILES string of the molecule is COc1cccc([C@@H](c2ccc(CC(C)=O)o2)C(C#N)C#N)c1. The molecule has 116 valence electrons. The first-order valence-electron chi connectivity index (χ1n) is 7.10. The Morgan fingerprint density at radius 2 is 2.00 bits per heavy atom. The van der Waals surface area contributed by atoms with Crippen molar-refractivity contribution in [1.29, 1.82) is 10.5 Å². The first kappa shape index (κ1) is 16.3. The van der Waals surface area contributed by atoms with Crippen LogP contribution in [-0.2, 0) is 11.2 Å². The number of nitriles is 2. The summed E-state index contributed by atoms with van der Waals surface area (Å²) in [5, 5.41) is 18.6. The summed E-state index contributed by atoms with van der Waals surface area (Å²) in [6, 6.07) is 14.6. The maximum atomic E-state index is 11.2. The third-order valence-corrected chi connectivity index (χ3v) is 3.48. The highest BCUT2D eigenvalue weighted by Crippen LogP contribution is 2.34. The molecular weight excluding hydrogens is 292 g/mol. The molecule has 0 bridgehead atoms. The molecule has 1 atom stereocenters. The highest BCUT2D eigenvalue weighted by Gasteiger charge is 2.28. The predicted molar refractivity (Wildman–Crippen MR) is 82.6 cm³/mol. The third-order valence-electron chi connectivity index (χ3n) is 3.48. The molecule has 0 aliphatic heterocycles. The molecule has 0 radical (unpaired) electrons. The first-order valence-corrected chi connectivity index (χ1v) is 7.10. The van der Waals surface area contributed by atoms with E-state index in [0.29, 0.717) is 17.3 Å². The van der Waals surface area contributed by atoms with E-state index in [0.717, 1.165) is 5.56 Å². The molecule has 0 N–H and O–H groups in total. The molecular formula is C18H16N2O3. The Morgan fingerprint density at radius 3 is 2.61 bits per heavy atom. The second kappa shape index (κ2) is 7.29. The van der Waals surface area contributed by atoms with Crippen LogP contribution < -0.4 is 4.74 Å². The van der Waals surface area contributed by atoms with E-state index in [1.807, 2.05) is 18.2 Å². The maximum Gasteiger partial charge on any atom is 0.147 e. The number of furan rings is 1. The number of benzene rings is 1. The molecule has 2 aromatic rings. The van der Waals surface area contributed by atoms with Gasteiger partial charge in [-0.3, -0.25) is 4.79 Å². The lowest BCUT2D eigenvalue weighted by atomic mass is 9.85. The van der Waals surface area contributed by atoms with Crippen molar-refractivity contribution in [3.05, 3.63) is 53.5 Å². The van der Waals surface area contributed by atoms with Crippen molar-refractivity contribution < 1.29 is 13.9 Å². The van der Waals surface area contributed by atoms with Crippen LogP contribution in [0.5, 0.6) is 5.75 Å². The molecule has 2 rings (SSSR count). The van der Waals surface area contributed by atoms with Crippen molar-refractivity contribution in [2.45, 2.75) is 19.3 Å². The Balaban J connectivity index is 2.46. The number of carbonyl (C=O) groups is 1. The topological polar surface area (TPSA) is 87.0 Å².